The molecule has 0 aromatic carbocycles. The summed E-state index contributed by atoms with van der Waals surface area (Å²) in [6.07, 6.45) is 4.34. The van der Waals surface area contributed by atoms with Gasteiger partial charge in [0.2, 0.25) is 5.91 Å². The van der Waals surface area contributed by atoms with Crippen LogP contribution in [-0.4, -0.2) is 39.3 Å². The number of rotatable bonds is 3. The molecule has 2 aromatic rings. The summed E-state index contributed by atoms with van der Waals surface area (Å²) in [5.74, 6) is 1.24. The number of aromatic amines is 1. The van der Waals surface area contributed by atoms with Gasteiger partial charge in [-0.3, -0.25) is 9.89 Å². The molecule has 2 aromatic heterocycles. The first kappa shape index (κ1) is 14.8. The van der Waals surface area contributed by atoms with Gasteiger partial charge in [-0.15, -0.1) is 0 Å². The van der Waals surface area contributed by atoms with Crippen LogP contribution >= 0.6 is 0 Å². The summed E-state index contributed by atoms with van der Waals surface area (Å²) < 4.78 is 5.15. The molecule has 1 atom stereocenters. The number of hydrogen-bond donors (Lipinski definition) is 1. The van der Waals surface area contributed by atoms with E-state index < -0.39 is 0 Å². The second-order valence-corrected chi connectivity index (χ2v) is 6.13. The molecule has 1 unspecified atom stereocenters. The minimum Gasteiger partial charge on any atom is -0.361 e. The maximum Gasteiger partial charge on any atom is 0.227 e. The van der Waals surface area contributed by atoms with Crippen LogP contribution in [-0.2, 0) is 11.2 Å². The SMILES string of the molecule is Cc1cn[nH]c1C1CCCN(C(=O)Cc2c(C)noc2C)C1. The third kappa shape index (κ3) is 2.77. The Balaban J connectivity index is 1.69. The monoisotopic (exact) mass is 302 g/mol. The number of nitrogens with one attached hydrogen (secondary N) is 1. The minimum absolute atomic E-state index is 0.149. The van der Waals surface area contributed by atoms with Gasteiger partial charge in [0.25, 0.3) is 0 Å². The first-order chi connectivity index (χ1) is 10.6. The van der Waals surface area contributed by atoms with E-state index in [2.05, 4.69) is 22.3 Å². The van der Waals surface area contributed by atoms with E-state index in [4.69, 9.17) is 4.52 Å². The van der Waals surface area contributed by atoms with Crippen LogP contribution in [0.2, 0.25) is 0 Å². The third-order valence-corrected chi connectivity index (χ3v) is 4.56. The molecule has 1 amide bonds. The number of H-pyrrole nitrogens is 1. The highest BCUT2D eigenvalue weighted by atomic mass is 16.5. The van der Waals surface area contributed by atoms with Gasteiger partial charge in [-0.25, -0.2) is 0 Å². The van der Waals surface area contributed by atoms with Gasteiger partial charge in [0.15, 0.2) is 0 Å². The predicted molar refractivity (Wildman–Crippen MR) is 81.6 cm³/mol. The zero-order valence-electron chi connectivity index (χ0n) is 13.3. The van der Waals surface area contributed by atoms with E-state index in [1.54, 1.807) is 0 Å². The molecule has 1 N–H and O–H groups in total. The molecule has 0 spiro atoms. The number of nitrogens with zero attached hydrogens (tertiary/aromatic N) is 3. The Morgan fingerprint density at radius 3 is 2.91 bits per heavy atom. The van der Waals surface area contributed by atoms with Crippen molar-refractivity contribution in [3.05, 3.63) is 34.5 Å². The van der Waals surface area contributed by atoms with E-state index in [1.807, 2.05) is 24.9 Å². The number of piperidine rings is 1. The molecule has 0 aliphatic carbocycles. The molecule has 0 radical (unpaired) electrons. The highest BCUT2D eigenvalue weighted by Gasteiger charge is 2.27. The quantitative estimate of drug-likeness (QED) is 0.943. The molecule has 0 saturated carbocycles. The lowest BCUT2D eigenvalue weighted by Gasteiger charge is -2.32. The lowest BCUT2D eigenvalue weighted by molar-refractivity contribution is -0.131. The van der Waals surface area contributed by atoms with Crippen molar-refractivity contribution < 1.29 is 9.32 Å². The number of aromatic nitrogens is 3. The van der Waals surface area contributed by atoms with E-state index in [0.717, 1.165) is 48.6 Å². The fourth-order valence-electron chi connectivity index (χ4n) is 3.23. The summed E-state index contributed by atoms with van der Waals surface area (Å²) >= 11 is 0. The van der Waals surface area contributed by atoms with E-state index in [1.165, 1.54) is 5.56 Å². The van der Waals surface area contributed by atoms with Crippen molar-refractivity contribution in [2.45, 2.75) is 46.0 Å². The number of carbonyl (C=O) groups is 1. The van der Waals surface area contributed by atoms with Crippen molar-refractivity contribution in [3.8, 4) is 0 Å². The van der Waals surface area contributed by atoms with Crippen molar-refractivity contribution in [2.24, 2.45) is 0 Å². The van der Waals surface area contributed by atoms with Gasteiger partial charge in [-0.2, -0.15) is 5.10 Å². The molecule has 3 rings (SSSR count). The second-order valence-electron chi connectivity index (χ2n) is 6.13. The van der Waals surface area contributed by atoms with E-state index in [0.29, 0.717) is 12.3 Å². The Hall–Kier alpha value is -2.11. The van der Waals surface area contributed by atoms with Crippen molar-refractivity contribution in [1.29, 1.82) is 0 Å². The van der Waals surface area contributed by atoms with Crippen LogP contribution in [0.4, 0.5) is 0 Å². The van der Waals surface area contributed by atoms with Crippen LogP contribution in [0.25, 0.3) is 0 Å². The van der Waals surface area contributed by atoms with Gasteiger partial charge in [-0.05, 0) is 39.2 Å². The first-order valence-electron chi connectivity index (χ1n) is 7.75. The molecule has 1 saturated heterocycles. The van der Waals surface area contributed by atoms with Gasteiger partial charge in [0, 0.05) is 30.3 Å². The Bertz CT molecular complexity index is 654. The van der Waals surface area contributed by atoms with Crippen LogP contribution < -0.4 is 0 Å². The van der Waals surface area contributed by atoms with Crippen molar-refractivity contribution in [1.82, 2.24) is 20.3 Å². The fourth-order valence-corrected chi connectivity index (χ4v) is 3.23. The van der Waals surface area contributed by atoms with Crippen molar-refractivity contribution in [3.63, 3.8) is 0 Å². The molecule has 1 fully saturated rings. The minimum atomic E-state index is 0.149. The summed E-state index contributed by atoms with van der Waals surface area (Å²) in [4.78, 5) is 14.6. The third-order valence-electron chi connectivity index (χ3n) is 4.56. The first-order valence-corrected chi connectivity index (χ1v) is 7.75. The second kappa shape index (κ2) is 5.94. The van der Waals surface area contributed by atoms with Crippen LogP contribution in [0.3, 0.4) is 0 Å². The number of amides is 1. The van der Waals surface area contributed by atoms with E-state index in [9.17, 15) is 4.79 Å². The number of carbonyl (C=O) groups excluding carboxylic acids is 1. The maximum atomic E-state index is 12.6. The zero-order chi connectivity index (χ0) is 15.7. The highest BCUT2D eigenvalue weighted by Crippen LogP contribution is 2.28. The predicted octanol–water partition coefficient (Wildman–Crippen LogP) is 2.27. The molecule has 0 bridgehead atoms. The smallest absolute Gasteiger partial charge is 0.227 e. The summed E-state index contributed by atoms with van der Waals surface area (Å²) in [6, 6.07) is 0. The molecule has 22 heavy (non-hydrogen) atoms. The average molecular weight is 302 g/mol. The molecule has 118 valence electrons. The maximum absolute atomic E-state index is 12.6. The Kier molecular flexibility index (Phi) is 4.00. The lowest BCUT2D eigenvalue weighted by atomic mass is 9.92. The molecule has 6 heteroatoms. The Morgan fingerprint density at radius 2 is 2.27 bits per heavy atom. The van der Waals surface area contributed by atoms with Gasteiger partial charge in [-0.1, -0.05) is 5.16 Å². The lowest BCUT2D eigenvalue weighted by Crippen LogP contribution is -2.40. The van der Waals surface area contributed by atoms with Crippen molar-refractivity contribution >= 4 is 5.91 Å². The van der Waals surface area contributed by atoms with Crippen LogP contribution in [0.5, 0.6) is 0 Å². The molecule has 1 aliphatic heterocycles. The van der Waals surface area contributed by atoms with Gasteiger partial charge >= 0.3 is 0 Å². The average Bonchev–Trinajstić information content (AvgIpc) is 3.08. The molecular weight excluding hydrogens is 280 g/mol. The highest BCUT2D eigenvalue weighted by molar-refractivity contribution is 5.79. The summed E-state index contributed by atoms with van der Waals surface area (Å²) in [7, 11) is 0. The van der Waals surface area contributed by atoms with E-state index in [-0.39, 0.29) is 5.91 Å². The molecular formula is C16H22N4O2. The number of hydrogen-bond acceptors (Lipinski definition) is 4. The van der Waals surface area contributed by atoms with Crippen LogP contribution in [0.1, 0.15) is 47.0 Å². The van der Waals surface area contributed by atoms with Gasteiger partial charge in [0.1, 0.15) is 5.76 Å². The topological polar surface area (TPSA) is 75.0 Å². The normalized spacial score (nSPS) is 18.7. The largest absolute Gasteiger partial charge is 0.361 e. The van der Waals surface area contributed by atoms with E-state index >= 15 is 0 Å². The number of aryl methyl sites for hydroxylation is 3. The summed E-state index contributed by atoms with van der Waals surface area (Å²) in [5, 5.41) is 11.1. The fraction of sp³-hybridized carbons (Fsp3) is 0.562. The van der Waals surface area contributed by atoms with Gasteiger partial charge < -0.3 is 9.42 Å². The van der Waals surface area contributed by atoms with Crippen LogP contribution in [0.15, 0.2) is 10.7 Å². The Morgan fingerprint density at radius 1 is 1.45 bits per heavy atom. The summed E-state index contributed by atoms with van der Waals surface area (Å²) in [5.41, 5.74) is 4.06. The summed E-state index contributed by atoms with van der Waals surface area (Å²) in [6.45, 7) is 7.38. The number of likely N-dealkylation sites (tertiary alicyclic amines) is 1. The van der Waals surface area contributed by atoms with Gasteiger partial charge in [0.05, 0.1) is 18.3 Å². The molecule has 1 aliphatic rings. The van der Waals surface area contributed by atoms with Crippen LogP contribution in [0, 0.1) is 20.8 Å². The Labute approximate surface area is 129 Å². The molecule has 3 heterocycles. The molecule has 6 nitrogen and oxygen atoms in total. The standard InChI is InChI=1S/C16H22N4O2/c1-10-8-17-18-16(10)13-5-4-6-20(9-13)15(21)7-14-11(2)19-22-12(14)3/h8,13H,4-7,9H2,1-3H3,(H,17,18). The van der Waals surface area contributed by atoms with Crippen molar-refractivity contribution in [2.75, 3.05) is 13.1 Å². The zero-order valence-corrected chi connectivity index (χ0v) is 13.3.